The standard InChI is InChI=1S/C16H22N4O/c1-2-17-16-18-14-6-4-3-5-13(14)15(19-16)20-9-7-12(11-20)8-10-21/h3-6,12,21H,2,7-11H2,1H3,(H,17,18,19). The summed E-state index contributed by atoms with van der Waals surface area (Å²) in [6.07, 6.45) is 2.00. The zero-order valence-electron chi connectivity index (χ0n) is 12.4. The van der Waals surface area contributed by atoms with Gasteiger partial charge in [-0.1, -0.05) is 12.1 Å². The van der Waals surface area contributed by atoms with Gasteiger partial charge in [0, 0.05) is 31.6 Å². The molecule has 2 N–H and O–H groups in total. The van der Waals surface area contributed by atoms with Crippen LogP contribution in [0.1, 0.15) is 19.8 Å². The van der Waals surface area contributed by atoms with E-state index in [1.54, 1.807) is 0 Å². The summed E-state index contributed by atoms with van der Waals surface area (Å²) in [5.41, 5.74) is 0.976. The van der Waals surface area contributed by atoms with Gasteiger partial charge in [-0.25, -0.2) is 4.98 Å². The predicted octanol–water partition coefficient (Wildman–Crippen LogP) is 2.27. The van der Waals surface area contributed by atoms with Crippen molar-refractivity contribution in [3.8, 4) is 0 Å². The van der Waals surface area contributed by atoms with Gasteiger partial charge in [-0.2, -0.15) is 4.98 Å². The summed E-state index contributed by atoms with van der Waals surface area (Å²) in [6.45, 7) is 5.09. The van der Waals surface area contributed by atoms with Crippen molar-refractivity contribution >= 4 is 22.7 Å². The lowest BCUT2D eigenvalue weighted by Gasteiger charge is -2.20. The number of nitrogens with one attached hydrogen (secondary N) is 1. The second-order valence-corrected chi connectivity index (χ2v) is 5.53. The van der Waals surface area contributed by atoms with E-state index in [9.17, 15) is 0 Å². The fourth-order valence-electron chi connectivity index (χ4n) is 2.98. The summed E-state index contributed by atoms with van der Waals surface area (Å²) in [5, 5.41) is 13.4. The normalized spacial score (nSPS) is 18.4. The Morgan fingerprint density at radius 2 is 2.19 bits per heavy atom. The highest BCUT2D eigenvalue weighted by molar-refractivity contribution is 5.90. The molecule has 1 aliphatic heterocycles. The van der Waals surface area contributed by atoms with Crippen molar-refractivity contribution in [2.45, 2.75) is 19.8 Å². The maximum absolute atomic E-state index is 9.12. The molecule has 0 saturated carbocycles. The van der Waals surface area contributed by atoms with Gasteiger partial charge in [-0.05, 0) is 37.8 Å². The number of hydrogen-bond acceptors (Lipinski definition) is 5. The Bertz CT molecular complexity index is 616. The molecule has 5 heteroatoms. The molecule has 1 atom stereocenters. The van der Waals surface area contributed by atoms with E-state index in [0.29, 0.717) is 11.9 Å². The van der Waals surface area contributed by atoms with Crippen molar-refractivity contribution in [1.82, 2.24) is 9.97 Å². The van der Waals surface area contributed by atoms with Gasteiger partial charge in [0.15, 0.2) is 0 Å². The first-order valence-corrected chi connectivity index (χ1v) is 7.68. The molecule has 1 aromatic carbocycles. The van der Waals surface area contributed by atoms with Gasteiger partial charge >= 0.3 is 0 Å². The van der Waals surface area contributed by atoms with Crippen LogP contribution >= 0.6 is 0 Å². The molecule has 2 heterocycles. The maximum atomic E-state index is 9.12. The smallest absolute Gasteiger partial charge is 0.225 e. The molecule has 1 aliphatic rings. The number of aliphatic hydroxyl groups is 1. The molecule has 1 fully saturated rings. The Morgan fingerprint density at radius 1 is 1.33 bits per heavy atom. The highest BCUT2D eigenvalue weighted by Crippen LogP contribution is 2.30. The Balaban J connectivity index is 1.96. The summed E-state index contributed by atoms with van der Waals surface area (Å²) >= 11 is 0. The van der Waals surface area contributed by atoms with Gasteiger partial charge in [0.1, 0.15) is 5.82 Å². The summed E-state index contributed by atoms with van der Waals surface area (Å²) in [5.74, 6) is 2.26. The number of nitrogens with zero attached hydrogens (tertiary/aromatic N) is 3. The maximum Gasteiger partial charge on any atom is 0.225 e. The Hall–Kier alpha value is -1.88. The molecule has 1 saturated heterocycles. The van der Waals surface area contributed by atoms with Crippen LogP contribution in [0.3, 0.4) is 0 Å². The second-order valence-electron chi connectivity index (χ2n) is 5.53. The first-order chi connectivity index (χ1) is 10.3. The molecule has 1 unspecified atom stereocenters. The Kier molecular flexibility index (Phi) is 4.20. The molecular formula is C16H22N4O. The molecule has 0 amide bonds. The van der Waals surface area contributed by atoms with Crippen molar-refractivity contribution < 1.29 is 5.11 Å². The third-order valence-corrected chi connectivity index (χ3v) is 4.04. The molecule has 0 spiro atoms. The van der Waals surface area contributed by atoms with E-state index < -0.39 is 0 Å². The number of rotatable bonds is 5. The lowest BCUT2D eigenvalue weighted by Crippen LogP contribution is -2.22. The zero-order chi connectivity index (χ0) is 14.7. The minimum absolute atomic E-state index is 0.270. The largest absolute Gasteiger partial charge is 0.396 e. The van der Waals surface area contributed by atoms with Crippen LogP contribution in [0.25, 0.3) is 10.9 Å². The molecule has 1 aromatic heterocycles. The molecule has 5 nitrogen and oxygen atoms in total. The molecule has 112 valence electrons. The summed E-state index contributed by atoms with van der Waals surface area (Å²) in [4.78, 5) is 11.6. The van der Waals surface area contributed by atoms with Gasteiger partial charge < -0.3 is 15.3 Å². The van der Waals surface area contributed by atoms with Crippen LogP contribution < -0.4 is 10.2 Å². The Labute approximate surface area is 125 Å². The molecule has 3 rings (SSSR count). The third kappa shape index (κ3) is 2.93. The number of benzene rings is 1. The van der Waals surface area contributed by atoms with Gasteiger partial charge in [-0.15, -0.1) is 0 Å². The Morgan fingerprint density at radius 3 is 3.00 bits per heavy atom. The first kappa shape index (κ1) is 14.1. The number of hydrogen-bond donors (Lipinski definition) is 2. The quantitative estimate of drug-likeness (QED) is 0.883. The number of fused-ring (bicyclic) bond motifs is 1. The lowest BCUT2D eigenvalue weighted by atomic mass is 10.1. The molecule has 0 radical (unpaired) electrons. The van der Waals surface area contributed by atoms with Gasteiger partial charge in [-0.3, -0.25) is 0 Å². The van der Waals surface area contributed by atoms with E-state index in [1.807, 2.05) is 25.1 Å². The van der Waals surface area contributed by atoms with Crippen LogP contribution in [0.4, 0.5) is 11.8 Å². The monoisotopic (exact) mass is 286 g/mol. The zero-order valence-corrected chi connectivity index (χ0v) is 12.4. The predicted molar refractivity (Wildman–Crippen MR) is 85.7 cm³/mol. The van der Waals surface area contributed by atoms with Gasteiger partial charge in [0.05, 0.1) is 5.52 Å². The van der Waals surface area contributed by atoms with Crippen molar-refractivity contribution in [1.29, 1.82) is 0 Å². The number of para-hydroxylation sites is 1. The third-order valence-electron chi connectivity index (χ3n) is 4.04. The molecule has 2 aromatic rings. The number of aromatic nitrogens is 2. The van der Waals surface area contributed by atoms with Crippen LogP contribution in [0.5, 0.6) is 0 Å². The van der Waals surface area contributed by atoms with Crippen molar-refractivity contribution in [2.24, 2.45) is 5.92 Å². The number of aliphatic hydroxyl groups excluding tert-OH is 1. The van der Waals surface area contributed by atoms with Crippen LogP contribution in [0, 0.1) is 5.92 Å². The highest BCUT2D eigenvalue weighted by Gasteiger charge is 2.24. The minimum atomic E-state index is 0.270. The average molecular weight is 286 g/mol. The van der Waals surface area contributed by atoms with E-state index in [2.05, 4.69) is 21.3 Å². The van der Waals surface area contributed by atoms with Crippen molar-refractivity contribution in [3.05, 3.63) is 24.3 Å². The molecule has 21 heavy (non-hydrogen) atoms. The minimum Gasteiger partial charge on any atom is -0.396 e. The topological polar surface area (TPSA) is 61.3 Å². The molecule has 0 bridgehead atoms. The van der Waals surface area contributed by atoms with E-state index >= 15 is 0 Å². The van der Waals surface area contributed by atoms with Gasteiger partial charge in [0.2, 0.25) is 5.95 Å². The van der Waals surface area contributed by atoms with Crippen molar-refractivity contribution in [2.75, 3.05) is 36.5 Å². The highest BCUT2D eigenvalue weighted by atomic mass is 16.3. The summed E-state index contributed by atoms with van der Waals surface area (Å²) in [7, 11) is 0. The molecule has 0 aliphatic carbocycles. The van der Waals surface area contributed by atoms with E-state index in [-0.39, 0.29) is 6.61 Å². The van der Waals surface area contributed by atoms with Crippen LogP contribution in [0.2, 0.25) is 0 Å². The van der Waals surface area contributed by atoms with E-state index in [4.69, 9.17) is 10.1 Å². The average Bonchev–Trinajstić information content (AvgIpc) is 2.96. The SMILES string of the molecule is CCNc1nc(N2CCC(CCO)C2)c2ccccc2n1. The van der Waals surface area contributed by atoms with Crippen LogP contribution in [0.15, 0.2) is 24.3 Å². The van der Waals surface area contributed by atoms with Crippen LogP contribution in [-0.4, -0.2) is 41.3 Å². The van der Waals surface area contributed by atoms with Crippen molar-refractivity contribution in [3.63, 3.8) is 0 Å². The van der Waals surface area contributed by atoms with E-state index in [0.717, 1.165) is 49.2 Å². The lowest BCUT2D eigenvalue weighted by molar-refractivity contribution is 0.263. The second kappa shape index (κ2) is 6.26. The van der Waals surface area contributed by atoms with Gasteiger partial charge in [0.25, 0.3) is 0 Å². The first-order valence-electron chi connectivity index (χ1n) is 7.68. The number of anilines is 2. The molecular weight excluding hydrogens is 264 g/mol. The van der Waals surface area contributed by atoms with E-state index in [1.165, 1.54) is 0 Å². The summed E-state index contributed by atoms with van der Waals surface area (Å²) < 4.78 is 0. The van der Waals surface area contributed by atoms with Crippen LogP contribution in [-0.2, 0) is 0 Å². The summed E-state index contributed by atoms with van der Waals surface area (Å²) in [6, 6.07) is 8.15. The fraction of sp³-hybridized carbons (Fsp3) is 0.500. The fourth-order valence-corrected chi connectivity index (χ4v) is 2.98.